The first-order valence-corrected chi connectivity index (χ1v) is 6.91. The van der Waals surface area contributed by atoms with Crippen LogP contribution in [0, 0.1) is 6.92 Å². The normalized spacial score (nSPS) is 17.9. The molecule has 1 aliphatic rings. The SMILES string of the molecule is Cc1ccc(OCCCN2CCC(N)CC2)cc1. The van der Waals surface area contributed by atoms with Gasteiger partial charge in [0.1, 0.15) is 5.75 Å². The molecule has 1 aliphatic heterocycles. The molecule has 2 rings (SSSR count). The minimum atomic E-state index is 0.421. The van der Waals surface area contributed by atoms with E-state index in [1.807, 2.05) is 12.1 Å². The Morgan fingerprint density at radius 1 is 1.22 bits per heavy atom. The molecule has 1 heterocycles. The van der Waals surface area contributed by atoms with Crippen LogP contribution < -0.4 is 10.5 Å². The van der Waals surface area contributed by atoms with Crippen molar-refractivity contribution >= 4 is 0 Å². The van der Waals surface area contributed by atoms with E-state index < -0.39 is 0 Å². The third-order valence-corrected chi connectivity index (χ3v) is 3.54. The molecule has 1 aromatic rings. The monoisotopic (exact) mass is 248 g/mol. The predicted octanol–water partition coefficient (Wildman–Crippen LogP) is 2.19. The van der Waals surface area contributed by atoms with Crippen LogP contribution in [0.2, 0.25) is 0 Å². The van der Waals surface area contributed by atoms with Crippen LogP contribution in [-0.2, 0) is 0 Å². The van der Waals surface area contributed by atoms with Crippen molar-refractivity contribution in [2.45, 2.75) is 32.2 Å². The van der Waals surface area contributed by atoms with Gasteiger partial charge >= 0.3 is 0 Å². The highest BCUT2D eigenvalue weighted by Gasteiger charge is 2.14. The summed E-state index contributed by atoms with van der Waals surface area (Å²) in [7, 11) is 0. The summed E-state index contributed by atoms with van der Waals surface area (Å²) < 4.78 is 5.72. The summed E-state index contributed by atoms with van der Waals surface area (Å²) in [5.41, 5.74) is 7.16. The van der Waals surface area contributed by atoms with Crippen molar-refractivity contribution in [3.63, 3.8) is 0 Å². The van der Waals surface area contributed by atoms with Crippen molar-refractivity contribution in [2.24, 2.45) is 5.73 Å². The fourth-order valence-corrected chi connectivity index (χ4v) is 2.29. The van der Waals surface area contributed by atoms with Crippen LogP contribution in [0.1, 0.15) is 24.8 Å². The van der Waals surface area contributed by atoms with Gasteiger partial charge in [-0.3, -0.25) is 0 Å². The van der Waals surface area contributed by atoms with Crippen LogP contribution in [0.25, 0.3) is 0 Å². The number of nitrogens with zero attached hydrogens (tertiary/aromatic N) is 1. The lowest BCUT2D eigenvalue weighted by molar-refractivity contribution is 0.194. The van der Waals surface area contributed by atoms with E-state index in [1.165, 1.54) is 5.56 Å². The van der Waals surface area contributed by atoms with E-state index in [1.54, 1.807) is 0 Å². The maximum atomic E-state index is 5.89. The molecule has 18 heavy (non-hydrogen) atoms. The minimum Gasteiger partial charge on any atom is -0.494 e. The second-order valence-electron chi connectivity index (χ2n) is 5.19. The van der Waals surface area contributed by atoms with E-state index in [0.29, 0.717) is 6.04 Å². The first-order valence-electron chi connectivity index (χ1n) is 6.91. The zero-order valence-electron chi connectivity index (χ0n) is 11.3. The van der Waals surface area contributed by atoms with Crippen LogP contribution >= 0.6 is 0 Å². The molecule has 0 amide bonds. The van der Waals surface area contributed by atoms with Crippen LogP contribution in [0.5, 0.6) is 5.75 Å². The van der Waals surface area contributed by atoms with Gasteiger partial charge in [0.05, 0.1) is 6.61 Å². The summed E-state index contributed by atoms with van der Waals surface area (Å²) in [5, 5.41) is 0. The van der Waals surface area contributed by atoms with Crippen molar-refractivity contribution < 1.29 is 4.74 Å². The second kappa shape index (κ2) is 6.76. The Labute approximate surface area is 110 Å². The lowest BCUT2D eigenvalue weighted by atomic mass is 10.1. The number of ether oxygens (including phenoxy) is 1. The molecule has 1 saturated heterocycles. The zero-order valence-corrected chi connectivity index (χ0v) is 11.3. The maximum Gasteiger partial charge on any atom is 0.119 e. The van der Waals surface area contributed by atoms with Gasteiger partial charge in [-0.1, -0.05) is 17.7 Å². The standard InChI is InChI=1S/C15H24N2O/c1-13-3-5-15(6-4-13)18-12-2-9-17-10-7-14(16)8-11-17/h3-6,14H,2,7-12,16H2,1H3. The Morgan fingerprint density at radius 2 is 1.89 bits per heavy atom. The van der Waals surface area contributed by atoms with E-state index in [-0.39, 0.29) is 0 Å². The molecule has 3 heteroatoms. The summed E-state index contributed by atoms with van der Waals surface area (Å²) in [6, 6.07) is 8.66. The molecular weight excluding hydrogens is 224 g/mol. The lowest BCUT2D eigenvalue weighted by Gasteiger charge is -2.29. The quantitative estimate of drug-likeness (QED) is 0.812. The van der Waals surface area contributed by atoms with Gasteiger partial charge in [0.2, 0.25) is 0 Å². The Hall–Kier alpha value is -1.06. The summed E-state index contributed by atoms with van der Waals surface area (Å²) in [6.07, 6.45) is 3.36. The van der Waals surface area contributed by atoms with Crippen molar-refractivity contribution in [2.75, 3.05) is 26.2 Å². The van der Waals surface area contributed by atoms with Gasteiger partial charge in [-0.2, -0.15) is 0 Å². The van der Waals surface area contributed by atoms with Gasteiger partial charge in [0.25, 0.3) is 0 Å². The van der Waals surface area contributed by atoms with Gasteiger partial charge in [-0.05, 0) is 51.4 Å². The molecule has 2 N–H and O–H groups in total. The molecule has 0 unspecified atom stereocenters. The Balaban J connectivity index is 1.60. The fourth-order valence-electron chi connectivity index (χ4n) is 2.29. The minimum absolute atomic E-state index is 0.421. The van der Waals surface area contributed by atoms with Crippen LogP contribution in [-0.4, -0.2) is 37.2 Å². The molecule has 0 spiro atoms. The first-order chi connectivity index (χ1) is 8.74. The molecule has 1 aromatic carbocycles. The summed E-state index contributed by atoms with van der Waals surface area (Å²) in [5.74, 6) is 0.973. The first kappa shape index (κ1) is 13.4. The van der Waals surface area contributed by atoms with Crippen LogP contribution in [0.3, 0.4) is 0 Å². The highest BCUT2D eigenvalue weighted by Crippen LogP contribution is 2.12. The van der Waals surface area contributed by atoms with Gasteiger partial charge in [0, 0.05) is 12.6 Å². The largest absolute Gasteiger partial charge is 0.494 e. The third-order valence-electron chi connectivity index (χ3n) is 3.54. The Kier molecular flexibility index (Phi) is 5.02. The zero-order chi connectivity index (χ0) is 12.8. The number of benzene rings is 1. The number of aryl methyl sites for hydroxylation is 1. The molecule has 0 saturated carbocycles. The van der Waals surface area contributed by atoms with Gasteiger partial charge in [0.15, 0.2) is 0 Å². The number of likely N-dealkylation sites (tertiary alicyclic amines) is 1. The van der Waals surface area contributed by atoms with E-state index in [0.717, 1.165) is 51.3 Å². The number of rotatable bonds is 5. The smallest absolute Gasteiger partial charge is 0.119 e. The average Bonchev–Trinajstić information content (AvgIpc) is 2.39. The molecule has 3 nitrogen and oxygen atoms in total. The van der Waals surface area contributed by atoms with Crippen molar-refractivity contribution in [1.29, 1.82) is 0 Å². The van der Waals surface area contributed by atoms with Gasteiger partial charge < -0.3 is 15.4 Å². The molecule has 1 fully saturated rings. The summed E-state index contributed by atoms with van der Waals surface area (Å²) in [4.78, 5) is 2.49. The molecule has 0 radical (unpaired) electrons. The van der Waals surface area contributed by atoms with Crippen molar-refractivity contribution in [3.05, 3.63) is 29.8 Å². The molecule has 100 valence electrons. The lowest BCUT2D eigenvalue weighted by Crippen LogP contribution is -2.40. The molecule has 0 atom stereocenters. The van der Waals surface area contributed by atoms with E-state index in [2.05, 4.69) is 24.0 Å². The van der Waals surface area contributed by atoms with Gasteiger partial charge in [-0.25, -0.2) is 0 Å². The Morgan fingerprint density at radius 3 is 2.56 bits per heavy atom. The fraction of sp³-hybridized carbons (Fsp3) is 0.600. The maximum absolute atomic E-state index is 5.89. The molecule has 0 bridgehead atoms. The van der Waals surface area contributed by atoms with Crippen molar-refractivity contribution in [3.8, 4) is 5.75 Å². The highest BCUT2D eigenvalue weighted by molar-refractivity contribution is 5.26. The van der Waals surface area contributed by atoms with Crippen LogP contribution in [0.15, 0.2) is 24.3 Å². The summed E-state index contributed by atoms with van der Waals surface area (Å²) >= 11 is 0. The van der Waals surface area contributed by atoms with E-state index in [4.69, 9.17) is 10.5 Å². The Bertz CT molecular complexity index is 342. The molecule has 0 aliphatic carbocycles. The van der Waals surface area contributed by atoms with E-state index >= 15 is 0 Å². The third kappa shape index (κ3) is 4.31. The topological polar surface area (TPSA) is 38.5 Å². The van der Waals surface area contributed by atoms with Gasteiger partial charge in [-0.15, -0.1) is 0 Å². The van der Waals surface area contributed by atoms with Crippen LogP contribution in [0.4, 0.5) is 0 Å². The van der Waals surface area contributed by atoms with E-state index in [9.17, 15) is 0 Å². The number of hydrogen-bond donors (Lipinski definition) is 1. The highest BCUT2D eigenvalue weighted by atomic mass is 16.5. The second-order valence-corrected chi connectivity index (χ2v) is 5.19. The number of nitrogens with two attached hydrogens (primary N) is 1. The average molecular weight is 248 g/mol. The predicted molar refractivity (Wildman–Crippen MR) is 74.9 cm³/mol. The number of piperidine rings is 1. The molecule has 0 aromatic heterocycles. The number of hydrogen-bond acceptors (Lipinski definition) is 3. The molecular formula is C15H24N2O. The summed E-state index contributed by atoms with van der Waals surface area (Å²) in [6.45, 7) is 6.30. The van der Waals surface area contributed by atoms with Crippen molar-refractivity contribution in [1.82, 2.24) is 4.90 Å².